The van der Waals surface area contributed by atoms with Gasteiger partial charge in [-0.1, -0.05) is 17.7 Å². The van der Waals surface area contributed by atoms with Crippen LogP contribution in [0.5, 0.6) is 5.75 Å². The summed E-state index contributed by atoms with van der Waals surface area (Å²) in [4.78, 5) is 12.0. The van der Waals surface area contributed by atoms with Crippen LogP contribution in [0.4, 0.5) is 0 Å². The van der Waals surface area contributed by atoms with Gasteiger partial charge < -0.3 is 14.5 Å². The Labute approximate surface area is 157 Å². The lowest BCUT2D eigenvalue weighted by Crippen LogP contribution is -2.28. The lowest BCUT2D eigenvalue weighted by molar-refractivity contribution is -0.123. The van der Waals surface area contributed by atoms with E-state index in [9.17, 15) is 4.79 Å². The molecule has 5 heteroatoms. The summed E-state index contributed by atoms with van der Waals surface area (Å²) in [5.41, 5.74) is 3.26. The summed E-state index contributed by atoms with van der Waals surface area (Å²) in [6, 6.07) is 16.9. The maximum Gasteiger partial charge on any atom is 0.258 e. The molecular formula is C21H20ClNO3. The van der Waals surface area contributed by atoms with Crippen molar-refractivity contribution < 1.29 is 13.9 Å². The summed E-state index contributed by atoms with van der Waals surface area (Å²) < 4.78 is 11.3. The third-order valence-electron chi connectivity index (χ3n) is 4.10. The smallest absolute Gasteiger partial charge is 0.258 e. The van der Waals surface area contributed by atoms with Crippen molar-refractivity contribution in [3.63, 3.8) is 0 Å². The maximum atomic E-state index is 12.0. The number of aryl methyl sites for hydroxylation is 2. The third kappa shape index (κ3) is 4.67. The molecule has 0 bridgehead atoms. The summed E-state index contributed by atoms with van der Waals surface area (Å²) in [6.45, 7) is 4.32. The first-order valence-corrected chi connectivity index (χ1v) is 8.70. The van der Waals surface area contributed by atoms with E-state index in [1.54, 1.807) is 0 Å². The van der Waals surface area contributed by atoms with Crippen molar-refractivity contribution in [1.29, 1.82) is 0 Å². The predicted octanol–water partition coefficient (Wildman–Crippen LogP) is 4.91. The van der Waals surface area contributed by atoms with Gasteiger partial charge in [0.15, 0.2) is 6.61 Å². The standard InChI is InChI=1S/C21H20ClNO3/c1-14-3-8-18(11-15(14)2)25-13-21(24)23-12-19-9-10-20(26-19)16-4-6-17(22)7-5-16/h3-11H,12-13H2,1-2H3,(H,23,24). The van der Waals surface area contributed by atoms with Crippen molar-refractivity contribution in [2.45, 2.75) is 20.4 Å². The Hall–Kier alpha value is -2.72. The molecule has 0 saturated carbocycles. The highest BCUT2D eigenvalue weighted by molar-refractivity contribution is 6.30. The molecule has 0 unspecified atom stereocenters. The summed E-state index contributed by atoms with van der Waals surface area (Å²) in [6.07, 6.45) is 0. The fourth-order valence-electron chi connectivity index (χ4n) is 2.43. The van der Waals surface area contributed by atoms with E-state index in [1.807, 2.05) is 68.4 Å². The molecule has 1 amide bonds. The van der Waals surface area contributed by atoms with E-state index in [0.717, 1.165) is 16.9 Å². The Morgan fingerprint density at radius 3 is 2.54 bits per heavy atom. The number of nitrogens with one attached hydrogen (secondary N) is 1. The highest BCUT2D eigenvalue weighted by atomic mass is 35.5. The molecule has 0 radical (unpaired) electrons. The van der Waals surface area contributed by atoms with Gasteiger partial charge in [-0.15, -0.1) is 0 Å². The predicted molar refractivity (Wildman–Crippen MR) is 102 cm³/mol. The Morgan fingerprint density at radius 1 is 1.04 bits per heavy atom. The summed E-state index contributed by atoms with van der Waals surface area (Å²) >= 11 is 5.89. The van der Waals surface area contributed by atoms with Crippen LogP contribution in [0.15, 0.2) is 59.0 Å². The zero-order valence-electron chi connectivity index (χ0n) is 14.7. The molecule has 1 heterocycles. The minimum absolute atomic E-state index is 0.0345. The van der Waals surface area contributed by atoms with Gasteiger partial charge in [0.25, 0.3) is 5.91 Å². The molecule has 4 nitrogen and oxygen atoms in total. The largest absolute Gasteiger partial charge is 0.484 e. The number of rotatable bonds is 6. The molecule has 26 heavy (non-hydrogen) atoms. The van der Waals surface area contributed by atoms with E-state index >= 15 is 0 Å². The van der Waals surface area contributed by atoms with Crippen molar-refractivity contribution in [1.82, 2.24) is 5.32 Å². The average Bonchev–Trinajstić information content (AvgIpc) is 3.10. The lowest BCUT2D eigenvalue weighted by Gasteiger charge is -2.08. The van der Waals surface area contributed by atoms with E-state index in [0.29, 0.717) is 23.1 Å². The normalized spacial score (nSPS) is 10.6. The van der Waals surface area contributed by atoms with Gasteiger partial charge in [0.2, 0.25) is 0 Å². The number of benzene rings is 2. The van der Waals surface area contributed by atoms with Crippen molar-refractivity contribution >= 4 is 17.5 Å². The molecule has 134 valence electrons. The van der Waals surface area contributed by atoms with Crippen LogP contribution in [0.3, 0.4) is 0 Å². The highest BCUT2D eigenvalue weighted by Gasteiger charge is 2.08. The maximum absolute atomic E-state index is 12.0. The first-order chi connectivity index (χ1) is 12.5. The van der Waals surface area contributed by atoms with Crippen molar-refractivity contribution in [2.24, 2.45) is 0 Å². The van der Waals surface area contributed by atoms with Crippen molar-refractivity contribution in [3.05, 3.63) is 76.5 Å². The molecule has 3 rings (SSSR count). The monoisotopic (exact) mass is 369 g/mol. The molecule has 1 aromatic heterocycles. The number of halogens is 1. The third-order valence-corrected chi connectivity index (χ3v) is 4.35. The second-order valence-electron chi connectivity index (χ2n) is 6.08. The number of furan rings is 1. The van der Waals surface area contributed by atoms with E-state index in [1.165, 1.54) is 5.56 Å². The second-order valence-corrected chi connectivity index (χ2v) is 6.52. The van der Waals surface area contributed by atoms with Crippen molar-refractivity contribution in [2.75, 3.05) is 6.61 Å². The molecule has 0 fully saturated rings. The number of ether oxygens (including phenoxy) is 1. The van der Waals surface area contributed by atoms with E-state index < -0.39 is 0 Å². The fraction of sp³-hybridized carbons (Fsp3) is 0.190. The zero-order chi connectivity index (χ0) is 18.5. The molecule has 0 saturated heterocycles. The Morgan fingerprint density at radius 2 is 1.81 bits per heavy atom. The average molecular weight is 370 g/mol. The molecule has 0 aliphatic carbocycles. The van der Waals surface area contributed by atoms with Crippen LogP contribution in [-0.4, -0.2) is 12.5 Å². The minimum Gasteiger partial charge on any atom is -0.484 e. The molecule has 3 aromatic rings. The Balaban J connectivity index is 1.50. The van der Waals surface area contributed by atoms with Crippen LogP contribution < -0.4 is 10.1 Å². The molecule has 2 aromatic carbocycles. The van der Waals surface area contributed by atoms with Crippen molar-refractivity contribution in [3.8, 4) is 17.1 Å². The van der Waals surface area contributed by atoms with Gasteiger partial charge >= 0.3 is 0 Å². The molecule has 1 N–H and O–H groups in total. The SMILES string of the molecule is Cc1ccc(OCC(=O)NCc2ccc(-c3ccc(Cl)cc3)o2)cc1C. The van der Waals surface area contributed by atoms with Gasteiger partial charge in [0.1, 0.15) is 17.3 Å². The topological polar surface area (TPSA) is 51.5 Å². The molecule has 0 aliphatic heterocycles. The number of carbonyl (C=O) groups excluding carboxylic acids is 1. The van der Waals surface area contributed by atoms with Gasteiger partial charge in [-0.2, -0.15) is 0 Å². The van der Waals surface area contributed by atoms with Gasteiger partial charge in [-0.3, -0.25) is 4.79 Å². The van der Waals surface area contributed by atoms with Crippen LogP contribution in [0, 0.1) is 13.8 Å². The number of hydrogen-bond donors (Lipinski definition) is 1. The molecule has 0 aliphatic rings. The first kappa shape index (κ1) is 18.1. The Kier molecular flexibility index (Phi) is 5.64. The van der Waals surface area contributed by atoms with E-state index in [2.05, 4.69) is 5.32 Å². The second kappa shape index (κ2) is 8.11. The van der Waals surface area contributed by atoms with Gasteiger partial charge in [-0.25, -0.2) is 0 Å². The minimum atomic E-state index is -0.201. The number of carbonyl (C=O) groups is 1. The van der Waals surface area contributed by atoms with Crippen LogP contribution in [0.1, 0.15) is 16.9 Å². The number of amides is 1. The van der Waals surface area contributed by atoms with Gasteiger partial charge in [-0.05, 0) is 73.5 Å². The lowest BCUT2D eigenvalue weighted by atomic mass is 10.1. The summed E-state index contributed by atoms with van der Waals surface area (Å²) in [7, 11) is 0. The van der Waals surface area contributed by atoms with Crippen LogP contribution >= 0.6 is 11.6 Å². The van der Waals surface area contributed by atoms with Gasteiger partial charge in [0.05, 0.1) is 6.54 Å². The van der Waals surface area contributed by atoms with Crippen LogP contribution in [0.25, 0.3) is 11.3 Å². The highest BCUT2D eigenvalue weighted by Crippen LogP contribution is 2.23. The summed E-state index contributed by atoms with van der Waals surface area (Å²) in [5, 5.41) is 3.47. The number of hydrogen-bond acceptors (Lipinski definition) is 3. The zero-order valence-corrected chi connectivity index (χ0v) is 15.5. The van der Waals surface area contributed by atoms with E-state index in [4.69, 9.17) is 20.8 Å². The molecular weight excluding hydrogens is 350 g/mol. The van der Waals surface area contributed by atoms with E-state index in [-0.39, 0.29) is 12.5 Å². The molecule has 0 spiro atoms. The fourth-order valence-corrected chi connectivity index (χ4v) is 2.56. The Bertz CT molecular complexity index is 900. The molecule has 0 atom stereocenters. The quantitative estimate of drug-likeness (QED) is 0.671. The first-order valence-electron chi connectivity index (χ1n) is 8.32. The van der Waals surface area contributed by atoms with Gasteiger partial charge in [0, 0.05) is 10.6 Å². The van der Waals surface area contributed by atoms with Crippen LogP contribution in [-0.2, 0) is 11.3 Å². The summed E-state index contributed by atoms with van der Waals surface area (Å²) in [5.74, 6) is 1.89. The van der Waals surface area contributed by atoms with Crippen LogP contribution in [0.2, 0.25) is 5.02 Å².